The second kappa shape index (κ2) is 5.22. The number of hydrogen-bond donors (Lipinski definition) is 0. The Morgan fingerprint density at radius 1 is 1.33 bits per heavy atom. The number of aromatic nitrogens is 2. The van der Waals surface area contributed by atoms with Gasteiger partial charge in [0.05, 0.1) is 23.4 Å². The molecule has 2 aromatic rings. The highest BCUT2D eigenvalue weighted by molar-refractivity contribution is 5.62. The molecule has 0 fully saturated rings. The number of benzene rings is 1. The van der Waals surface area contributed by atoms with Crippen LogP contribution in [0.4, 0.5) is 11.4 Å². The van der Waals surface area contributed by atoms with E-state index in [0.29, 0.717) is 12.2 Å². The highest BCUT2D eigenvalue weighted by Crippen LogP contribution is 2.27. The third kappa shape index (κ3) is 2.60. The summed E-state index contributed by atoms with van der Waals surface area (Å²) in [6, 6.07) is 6.63. The largest absolute Gasteiger partial charge is 0.363 e. The van der Waals surface area contributed by atoms with Gasteiger partial charge < -0.3 is 4.90 Å². The van der Waals surface area contributed by atoms with E-state index in [2.05, 4.69) is 9.97 Å². The zero-order valence-corrected chi connectivity index (χ0v) is 9.85. The average Bonchev–Trinajstić information content (AvgIpc) is 2.40. The van der Waals surface area contributed by atoms with Crippen LogP contribution < -0.4 is 4.90 Å². The van der Waals surface area contributed by atoms with Crippen LogP contribution in [0.15, 0.2) is 42.9 Å². The summed E-state index contributed by atoms with van der Waals surface area (Å²) in [6.45, 7) is 0.471. The Morgan fingerprint density at radius 3 is 2.78 bits per heavy atom. The predicted octanol–water partition coefficient (Wildman–Crippen LogP) is 2.02. The molecule has 1 heterocycles. The van der Waals surface area contributed by atoms with Gasteiger partial charge in [0.2, 0.25) is 0 Å². The fraction of sp³-hybridized carbons (Fsp3) is 0.167. The molecule has 0 atom stereocenters. The van der Waals surface area contributed by atoms with Gasteiger partial charge in [0.15, 0.2) is 0 Å². The van der Waals surface area contributed by atoms with Gasteiger partial charge in [-0.15, -0.1) is 0 Å². The van der Waals surface area contributed by atoms with Crippen LogP contribution in [0.1, 0.15) is 5.69 Å². The zero-order chi connectivity index (χ0) is 13.0. The molecule has 0 bridgehead atoms. The van der Waals surface area contributed by atoms with Crippen LogP contribution in [0.25, 0.3) is 0 Å². The minimum absolute atomic E-state index is 0.0869. The predicted molar refractivity (Wildman–Crippen MR) is 67.2 cm³/mol. The quantitative estimate of drug-likeness (QED) is 0.607. The summed E-state index contributed by atoms with van der Waals surface area (Å²) in [7, 11) is 1.79. The summed E-state index contributed by atoms with van der Waals surface area (Å²) in [5, 5.41) is 10.9. The Bertz CT molecular complexity index is 545. The minimum atomic E-state index is -0.386. The Hall–Kier alpha value is -2.50. The van der Waals surface area contributed by atoms with Gasteiger partial charge in [-0.2, -0.15) is 0 Å². The van der Waals surface area contributed by atoms with E-state index >= 15 is 0 Å². The van der Waals surface area contributed by atoms with E-state index in [1.165, 1.54) is 6.07 Å². The van der Waals surface area contributed by atoms with Crippen molar-refractivity contribution in [2.75, 3.05) is 11.9 Å². The first-order valence-corrected chi connectivity index (χ1v) is 5.38. The second-order valence-electron chi connectivity index (χ2n) is 3.80. The molecule has 0 saturated heterocycles. The lowest BCUT2D eigenvalue weighted by Gasteiger charge is -2.18. The average molecular weight is 244 g/mol. The van der Waals surface area contributed by atoms with Crippen molar-refractivity contribution >= 4 is 11.4 Å². The molecule has 0 aliphatic carbocycles. The molecule has 1 aromatic heterocycles. The zero-order valence-electron chi connectivity index (χ0n) is 9.85. The number of anilines is 1. The number of nitrogens with zero attached hydrogens (tertiary/aromatic N) is 4. The third-order valence-corrected chi connectivity index (χ3v) is 2.51. The summed E-state index contributed by atoms with van der Waals surface area (Å²) in [5.74, 6) is 0. The van der Waals surface area contributed by atoms with Gasteiger partial charge in [-0.1, -0.05) is 12.1 Å². The van der Waals surface area contributed by atoms with Crippen molar-refractivity contribution in [1.29, 1.82) is 0 Å². The van der Waals surface area contributed by atoms with Crippen LogP contribution >= 0.6 is 0 Å². The number of para-hydroxylation sites is 2. The molecule has 2 rings (SSSR count). The Balaban J connectivity index is 2.24. The molecular weight excluding hydrogens is 232 g/mol. The molecule has 6 heteroatoms. The van der Waals surface area contributed by atoms with Crippen molar-refractivity contribution in [3.63, 3.8) is 0 Å². The lowest BCUT2D eigenvalue weighted by atomic mass is 10.2. The fourth-order valence-electron chi connectivity index (χ4n) is 1.68. The summed E-state index contributed by atoms with van der Waals surface area (Å²) in [6.07, 6.45) is 4.84. The molecule has 0 N–H and O–H groups in total. The van der Waals surface area contributed by atoms with Crippen molar-refractivity contribution in [2.24, 2.45) is 0 Å². The van der Waals surface area contributed by atoms with Crippen LogP contribution in [0.5, 0.6) is 0 Å². The van der Waals surface area contributed by atoms with Gasteiger partial charge in [0.25, 0.3) is 5.69 Å². The molecule has 0 aliphatic heterocycles. The van der Waals surface area contributed by atoms with E-state index in [9.17, 15) is 10.1 Å². The number of nitro benzene ring substituents is 1. The molecule has 0 spiro atoms. The van der Waals surface area contributed by atoms with E-state index in [0.717, 1.165) is 5.69 Å². The summed E-state index contributed by atoms with van der Waals surface area (Å²) in [4.78, 5) is 20.4. The summed E-state index contributed by atoms with van der Waals surface area (Å²) < 4.78 is 0. The normalized spacial score (nSPS) is 10.1. The molecule has 18 heavy (non-hydrogen) atoms. The molecule has 0 unspecified atom stereocenters. The first-order valence-electron chi connectivity index (χ1n) is 5.38. The molecule has 92 valence electrons. The summed E-state index contributed by atoms with van der Waals surface area (Å²) in [5.41, 5.74) is 1.41. The molecule has 1 aromatic carbocycles. The van der Waals surface area contributed by atoms with Crippen molar-refractivity contribution in [2.45, 2.75) is 6.54 Å². The maximum absolute atomic E-state index is 10.9. The van der Waals surface area contributed by atoms with Gasteiger partial charge in [-0.25, -0.2) is 0 Å². The van der Waals surface area contributed by atoms with E-state index in [1.54, 1.807) is 48.7 Å². The topological polar surface area (TPSA) is 72.2 Å². The number of hydrogen-bond acceptors (Lipinski definition) is 5. The molecule has 6 nitrogen and oxygen atoms in total. The van der Waals surface area contributed by atoms with Gasteiger partial charge >= 0.3 is 0 Å². The van der Waals surface area contributed by atoms with Crippen LogP contribution in [0.3, 0.4) is 0 Å². The van der Waals surface area contributed by atoms with Crippen molar-refractivity contribution in [3.8, 4) is 0 Å². The van der Waals surface area contributed by atoms with Gasteiger partial charge in [0.1, 0.15) is 5.69 Å². The van der Waals surface area contributed by atoms with Gasteiger partial charge in [0, 0.05) is 25.5 Å². The number of rotatable bonds is 4. The minimum Gasteiger partial charge on any atom is -0.363 e. The lowest BCUT2D eigenvalue weighted by molar-refractivity contribution is -0.384. The molecule has 0 saturated carbocycles. The molecule has 0 amide bonds. The molecule has 0 radical (unpaired) electrons. The van der Waals surface area contributed by atoms with Crippen LogP contribution in [-0.2, 0) is 6.54 Å². The second-order valence-corrected chi connectivity index (χ2v) is 3.80. The van der Waals surface area contributed by atoms with E-state index in [-0.39, 0.29) is 10.6 Å². The van der Waals surface area contributed by atoms with E-state index in [1.807, 2.05) is 0 Å². The van der Waals surface area contributed by atoms with Crippen molar-refractivity contribution in [3.05, 3.63) is 58.7 Å². The Kier molecular flexibility index (Phi) is 3.47. The van der Waals surface area contributed by atoms with Crippen molar-refractivity contribution in [1.82, 2.24) is 9.97 Å². The van der Waals surface area contributed by atoms with E-state index < -0.39 is 0 Å². The third-order valence-electron chi connectivity index (χ3n) is 2.51. The maximum atomic E-state index is 10.9. The lowest BCUT2D eigenvalue weighted by Crippen LogP contribution is -2.18. The molecular formula is C12H12N4O2. The fourth-order valence-corrected chi connectivity index (χ4v) is 1.68. The van der Waals surface area contributed by atoms with Crippen LogP contribution in [-0.4, -0.2) is 21.9 Å². The molecule has 0 aliphatic rings. The van der Waals surface area contributed by atoms with Crippen LogP contribution in [0.2, 0.25) is 0 Å². The van der Waals surface area contributed by atoms with Crippen molar-refractivity contribution < 1.29 is 4.92 Å². The van der Waals surface area contributed by atoms with E-state index in [4.69, 9.17) is 0 Å². The van der Waals surface area contributed by atoms with Gasteiger partial charge in [-0.3, -0.25) is 20.1 Å². The monoisotopic (exact) mass is 244 g/mol. The smallest absolute Gasteiger partial charge is 0.292 e. The highest BCUT2D eigenvalue weighted by atomic mass is 16.6. The highest BCUT2D eigenvalue weighted by Gasteiger charge is 2.16. The first kappa shape index (κ1) is 12.0. The standard InChI is InChI=1S/C12H12N4O2/c1-15(9-10-8-13-6-7-14-10)11-4-2-3-5-12(11)16(17)18/h2-8H,9H2,1H3. The van der Waals surface area contributed by atoms with Gasteiger partial charge in [-0.05, 0) is 6.07 Å². The SMILES string of the molecule is CN(Cc1cnccn1)c1ccccc1[N+](=O)[O-]. The maximum Gasteiger partial charge on any atom is 0.292 e. The van der Waals surface area contributed by atoms with Crippen LogP contribution in [0, 0.1) is 10.1 Å². The number of nitro groups is 1. The first-order chi connectivity index (χ1) is 8.68. The Labute approximate surface area is 104 Å². The Morgan fingerprint density at radius 2 is 2.11 bits per heavy atom. The summed E-state index contributed by atoms with van der Waals surface area (Å²) >= 11 is 0.